The Morgan fingerprint density at radius 2 is 2.39 bits per heavy atom. The Morgan fingerprint density at radius 3 is 3.30 bits per heavy atom. The molecule has 1 aromatic carbocycles. The van der Waals surface area contributed by atoms with E-state index in [9.17, 15) is 4.79 Å². The average Bonchev–Trinajstić information content (AvgIpc) is 3.21. The van der Waals surface area contributed by atoms with E-state index in [1.54, 1.807) is 6.20 Å². The molecule has 3 aromatic rings. The van der Waals surface area contributed by atoms with Gasteiger partial charge in [-0.3, -0.25) is 9.89 Å². The number of para-hydroxylation sites is 1. The molecular weight excluding hydrogens is 290 g/mol. The number of hydrogen-bond acceptors (Lipinski definition) is 3. The number of benzene rings is 1. The van der Waals surface area contributed by atoms with E-state index < -0.39 is 0 Å². The number of aromatic nitrogens is 4. The van der Waals surface area contributed by atoms with Crippen LogP contribution in [0.4, 0.5) is 0 Å². The normalized spacial score (nSPS) is 17.2. The predicted octanol–water partition coefficient (Wildman–Crippen LogP) is 2.09. The van der Waals surface area contributed by atoms with Crippen molar-refractivity contribution in [1.29, 1.82) is 0 Å². The Hall–Kier alpha value is -2.63. The van der Waals surface area contributed by atoms with Crippen LogP contribution in [0.2, 0.25) is 0 Å². The van der Waals surface area contributed by atoms with Crippen LogP contribution in [-0.4, -0.2) is 44.1 Å². The fraction of sp³-hybridized carbons (Fsp3) is 0.353. The van der Waals surface area contributed by atoms with E-state index in [1.165, 1.54) is 0 Å². The minimum absolute atomic E-state index is 0.0359. The number of imidazole rings is 1. The first-order valence-corrected chi connectivity index (χ1v) is 7.90. The topological polar surface area (TPSA) is 66.8 Å². The molecule has 0 bridgehead atoms. The van der Waals surface area contributed by atoms with Gasteiger partial charge in [0.1, 0.15) is 5.82 Å². The van der Waals surface area contributed by atoms with Gasteiger partial charge in [0, 0.05) is 44.3 Å². The minimum atomic E-state index is 0.0359. The summed E-state index contributed by atoms with van der Waals surface area (Å²) in [7, 11) is 1.87. The number of H-pyrrole nitrogens is 1. The molecular formula is C17H19N5O. The van der Waals surface area contributed by atoms with Crippen molar-refractivity contribution < 1.29 is 4.79 Å². The Kier molecular flexibility index (Phi) is 3.37. The second-order valence-electron chi connectivity index (χ2n) is 6.22. The lowest BCUT2D eigenvalue weighted by Crippen LogP contribution is -2.35. The number of aryl methyl sites for hydroxylation is 1. The van der Waals surface area contributed by atoms with Crippen LogP contribution in [0.1, 0.15) is 22.6 Å². The summed E-state index contributed by atoms with van der Waals surface area (Å²) in [4.78, 5) is 19.0. The van der Waals surface area contributed by atoms with Gasteiger partial charge >= 0.3 is 0 Å². The van der Waals surface area contributed by atoms with Crippen LogP contribution >= 0.6 is 0 Å². The monoisotopic (exact) mass is 309 g/mol. The summed E-state index contributed by atoms with van der Waals surface area (Å²) in [5.74, 6) is 1.62. The Balaban J connectivity index is 1.50. The molecule has 1 aliphatic heterocycles. The average molecular weight is 309 g/mol. The van der Waals surface area contributed by atoms with Crippen molar-refractivity contribution in [3.8, 4) is 0 Å². The van der Waals surface area contributed by atoms with Crippen LogP contribution < -0.4 is 0 Å². The summed E-state index contributed by atoms with van der Waals surface area (Å²) in [5, 5.41) is 7.92. The Labute approximate surface area is 134 Å². The summed E-state index contributed by atoms with van der Waals surface area (Å²) in [6, 6.07) is 5.71. The van der Waals surface area contributed by atoms with Gasteiger partial charge in [0.25, 0.3) is 5.91 Å². The molecule has 0 saturated heterocycles. The number of aromatic amines is 1. The highest BCUT2D eigenvalue weighted by atomic mass is 16.2. The summed E-state index contributed by atoms with van der Waals surface area (Å²) in [6.45, 7) is 1.73. The summed E-state index contributed by atoms with van der Waals surface area (Å²) in [5.41, 5.74) is 1.49. The van der Waals surface area contributed by atoms with Crippen molar-refractivity contribution in [2.45, 2.75) is 19.4 Å². The molecule has 0 saturated carbocycles. The second kappa shape index (κ2) is 5.53. The minimum Gasteiger partial charge on any atom is -0.341 e. The van der Waals surface area contributed by atoms with Gasteiger partial charge in [0.05, 0.1) is 17.3 Å². The van der Waals surface area contributed by atoms with E-state index in [1.807, 2.05) is 42.5 Å². The third kappa shape index (κ3) is 2.50. The van der Waals surface area contributed by atoms with Gasteiger partial charge in [0.15, 0.2) is 0 Å². The lowest BCUT2D eigenvalue weighted by atomic mass is 9.97. The number of amides is 1. The predicted molar refractivity (Wildman–Crippen MR) is 87.1 cm³/mol. The fourth-order valence-electron chi connectivity index (χ4n) is 3.39. The van der Waals surface area contributed by atoms with Crippen LogP contribution in [0.3, 0.4) is 0 Å². The Morgan fingerprint density at radius 1 is 1.48 bits per heavy atom. The fourth-order valence-corrected chi connectivity index (χ4v) is 3.39. The molecule has 6 nitrogen and oxygen atoms in total. The molecule has 0 aliphatic carbocycles. The number of carbonyl (C=O) groups excluding carboxylic acids is 1. The SMILES string of the molecule is CN(C[C@H]1CCn2ccnc2C1)C(=O)c1cccc2cn[nH]c12. The number of carbonyl (C=O) groups is 1. The maximum atomic E-state index is 12.8. The number of nitrogens with one attached hydrogen (secondary N) is 1. The quantitative estimate of drug-likeness (QED) is 0.805. The third-order valence-electron chi connectivity index (χ3n) is 4.64. The van der Waals surface area contributed by atoms with Gasteiger partial charge in [0.2, 0.25) is 0 Å². The first-order valence-electron chi connectivity index (χ1n) is 7.90. The number of hydrogen-bond donors (Lipinski definition) is 1. The van der Waals surface area contributed by atoms with Crippen molar-refractivity contribution in [2.24, 2.45) is 5.92 Å². The van der Waals surface area contributed by atoms with E-state index >= 15 is 0 Å². The number of nitrogens with zero attached hydrogens (tertiary/aromatic N) is 4. The van der Waals surface area contributed by atoms with Gasteiger partial charge in [-0.05, 0) is 18.4 Å². The smallest absolute Gasteiger partial charge is 0.255 e. The van der Waals surface area contributed by atoms with E-state index in [4.69, 9.17) is 0 Å². The van der Waals surface area contributed by atoms with E-state index in [-0.39, 0.29) is 5.91 Å². The summed E-state index contributed by atoms with van der Waals surface area (Å²) < 4.78 is 2.20. The van der Waals surface area contributed by atoms with Crippen molar-refractivity contribution >= 4 is 16.8 Å². The van der Waals surface area contributed by atoms with Crippen LogP contribution in [0, 0.1) is 5.92 Å². The first-order chi connectivity index (χ1) is 11.2. The highest BCUT2D eigenvalue weighted by Gasteiger charge is 2.23. The van der Waals surface area contributed by atoms with E-state index in [0.29, 0.717) is 11.5 Å². The van der Waals surface area contributed by atoms with Crippen LogP contribution in [0.5, 0.6) is 0 Å². The summed E-state index contributed by atoms with van der Waals surface area (Å²) >= 11 is 0. The van der Waals surface area contributed by atoms with Crippen molar-refractivity contribution in [1.82, 2.24) is 24.6 Å². The molecule has 0 unspecified atom stereocenters. The standard InChI is InChI=1S/C17H19N5O/c1-21(11-12-5-7-22-8-6-18-15(22)9-12)17(23)14-4-2-3-13-10-19-20-16(13)14/h2-4,6,8,10,12H,5,7,9,11H2,1H3,(H,19,20)/t12-/m0/s1. The molecule has 0 fully saturated rings. The molecule has 2 aromatic heterocycles. The van der Waals surface area contributed by atoms with Gasteiger partial charge in [-0.1, -0.05) is 12.1 Å². The highest BCUT2D eigenvalue weighted by Crippen LogP contribution is 2.22. The zero-order valence-electron chi connectivity index (χ0n) is 13.1. The zero-order chi connectivity index (χ0) is 15.8. The van der Waals surface area contributed by atoms with Crippen LogP contribution in [-0.2, 0) is 13.0 Å². The lowest BCUT2D eigenvalue weighted by molar-refractivity contribution is 0.0765. The maximum absolute atomic E-state index is 12.8. The van der Waals surface area contributed by atoms with Crippen molar-refractivity contribution in [3.63, 3.8) is 0 Å². The molecule has 0 radical (unpaired) electrons. The zero-order valence-corrected chi connectivity index (χ0v) is 13.1. The van der Waals surface area contributed by atoms with Gasteiger partial charge in [-0.25, -0.2) is 4.98 Å². The van der Waals surface area contributed by atoms with E-state index in [0.717, 1.165) is 42.7 Å². The molecule has 23 heavy (non-hydrogen) atoms. The molecule has 118 valence electrons. The third-order valence-corrected chi connectivity index (χ3v) is 4.64. The molecule has 1 aliphatic rings. The first kappa shape index (κ1) is 14.0. The molecule has 1 N–H and O–H groups in total. The van der Waals surface area contributed by atoms with Crippen molar-refractivity contribution in [2.75, 3.05) is 13.6 Å². The number of rotatable bonds is 3. The Bertz CT molecular complexity index is 849. The van der Waals surface area contributed by atoms with Crippen LogP contribution in [0.25, 0.3) is 10.9 Å². The second-order valence-corrected chi connectivity index (χ2v) is 6.22. The van der Waals surface area contributed by atoms with E-state index in [2.05, 4.69) is 19.7 Å². The largest absolute Gasteiger partial charge is 0.341 e. The molecule has 6 heteroatoms. The summed E-state index contributed by atoms with van der Waals surface area (Å²) in [6.07, 6.45) is 7.63. The van der Waals surface area contributed by atoms with Gasteiger partial charge < -0.3 is 9.47 Å². The maximum Gasteiger partial charge on any atom is 0.255 e. The highest BCUT2D eigenvalue weighted by molar-refractivity contribution is 6.05. The number of fused-ring (bicyclic) bond motifs is 2. The molecule has 4 rings (SSSR count). The van der Waals surface area contributed by atoms with Crippen LogP contribution in [0.15, 0.2) is 36.8 Å². The van der Waals surface area contributed by atoms with Crippen molar-refractivity contribution in [3.05, 3.63) is 48.2 Å². The van der Waals surface area contributed by atoms with Gasteiger partial charge in [-0.15, -0.1) is 0 Å². The van der Waals surface area contributed by atoms with Gasteiger partial charge in [-0.2, -0.15) is 5.10 Å². The molecule has 3 heterocycles. The lowest BCUT2D eigenvalue weighted by Gasteiger charge is -2.28. The molecule has 1 amide bonds. The molecule has 0 spiro atoms. The molecule has 1 atom stereocenters.